The van der Waals surface area contributed by atoms with E-state index in [1.807, 2.05) is 12.1 Å². The minimum Gasteiger partial charge on any atom is -0.377 e. The van der Waals surface area contributed by atoms with Crippen LogP contribution >= 0.6 is 11.6 Å². The number of pyridine rings is 1. The van der Waals surface area contributed by atoms with Gasteiger partial charge in [0.15, 0.2) is 11.5 Å². The summed E-state index contributed by atoms with van der Waals surface area (Å²) < 4.78 is 22.0. The molecule has 2 aromatic carbocycles. The zero-order valence-corrected chi connectivity index (χ0v) is 18.9. The first-order valence-electron chi connectivity index (χ1n) is 10.5. The fraction of sp³-hybridized carbons (Fsp3) is 0.120. The van der Waals surface area contributed by atoms with E-state index in [-0.39, 0.29) is 24.5 Å². The van der Waals surface area contributed by atoms with Gasteiger partial charge in [-0.25, -0.2) is 13.6 Å². The normalized spacial score (nSPS) is 11.3. The molecule has 170 valence electrons. The van der Waals surface area contributed by atoms with Crippen LogP contribution in [0.2, 0.25) is 5.02 Å². The number of hydrogen-bond acceptors (Lipinski definition) is 5. The maximum atomic E-state index is 14.1. The van der Waals surface area contributed by atoms with Crippen molar-refractivity contribution in [3.63, 3.8) is 0 Å². The van der Waals surface area contributed by atoms with E-state index in [9.17, 15) is 9.18 Å². The first-order chi connectivity index (χ1) is 16.6. The summed E-state index contributed by atoms with van der Waals surface area (Å²) in [6.45, 7) is 0.335. The third-order valence-electron chi connectivity index (χ3n) is 5.49. The maximum Gasteiger partial charge on any atom is 0.274 e. The summed E-state index contributed by atoms with van der Waals surface area (Å²) in [5.74, 6) is 0.120. The van der Waals surface area contributed by atoms with Crippen LogP contribution in [0.4, 0.5) is 4.39 Å². The molecule has 0 saturated heterocycles. The van der Waals surface area contributed by atoms with Gasteiger partial charge in [-0.2, -0.15) is 0 Å². The molecule has 0 unspecified atom stereocenters. The lowest BCUT2D eigenvalue weighted by Gasteiger charge is -2.18. The highest BCUT2D eigenvalue weighted by molar-refractivity contribution is 6.30. The number of halogens is 2. The summed E-state index contributed by atoms with van der Waals surface area (Å²) in [5, 5.41) is 9.34. The van der Waals surface area contributed by atoms with Crippen molar-refractivity contribution in [2.45, 2.75) is 13.2 Å². The van der Waals surface area contributed by atoms with Crippen LogP contribution in [-0.4, -0.2) is 31.5 Å². The van der Waals surface area contributed by atoms with Crippen molar-refractivity contribution in [1.29, 1.82) is 0 Å². The molecule has 0 radical (unpaired) electrons. The van der Waals surface area contributed by atoms with Gasteiger partial charge < -0.3 is 4.74 Å². The molecule has 0 N–H and O–H groups in total. The molecule has 0 saturated carbocycles. The van der Waals surface area contributed by atoms with Crippen molar-refractivity contribution in [3.05, 3.63) is 106 Å². The van der Waals surface area contributed by atoms with Crippen molar-refractivity contribution in [3.8, 4) is 22.3 Å². The highest BCUT2D eigenvalue weighted by atomic mass is 35.5. The molecule has 0 aliphatic heterocycles. The van der Waals surface area contributed by atoms with E-state index in [1.54, 1.807) is 65.1 Å². The second kappa shape index (κ2) is 9.17. The van der Waals surface area contributed by atoms with Gasteiger partial charge in [-0.05, 0) is 53.1 Å². The summed E-state index contributed by atoms with van der Waals surface area (Å²) in [6, 6.07) is 16.8. The minimum absolute atomic E-state index is 0.151. The summed E-state index contributed by atoms with van der Waals surface area (Å²) >= 11 is 6.13. The Hall–Kier alpha value is -3.88. The van der Waals surface area contributed by atoms with Crippen molar-refractivity contribution in [2.24, 2.45) is 0 Å². The zero-order chi connectivity index (χ0) is 23.7. The molecule has 0 aliphatic rings. The number of hydrogen-bond donors (Lipinski definition) is 0. The van der Waals surface area contributed by atoms with Crippen molar-refractivity contribution in [2.75, 3.05) is 7.11 Å². The van der Waals surface area contributed by atoms with E-state index >= 15 is 0 Å². The Labute approximate surface area is 199 Å². The quantitative estimate of drug-likeness (QED) is 0.358. The lowest BCUT2D eigenvalue weighted by molar-refractivity contribution is 0.174. The van der Waals surface area contributed by atoms with E-state index in [2.05, 4.69) is 15.2 Å². The summed E-state index contributed by atoms with van der Waals surface area (Å²) in [6.07, 6.45) is 3.27. The molecule has 5 rings (SSSR count). The lowest BCUT2D eigenvalue weighted by Crippen LogP contribution is -2.30. The Morgan fingerprint density at radius 2 is 1.59 bits per heavy atom. The van der Waals surface area contributed by atoms with Crippen LogP contribution in [0.25, 0.3) is 27.9 Å². The third-order valence-corrected chi connectivity index (χ3v) is 5.74. The zero-order valence-electron chi connectivity index (χ0n) is 18.2. The maximum absolute atomic E-state index is 14.1. The van der Waals surface area contributed by atoms with E-state index < -0.39 is 0 Å². The van der Waals surface area contributed by atoms with Gasteiger partial charge in [0.2, 0.25) is 0 Å². The second-order valence-corrected chi connectivity index (χ2v) is 8.10. The van der Waals surface area contributed by atoms with Gasteiger partial charge in [0.05, 0.1) is 12.1 Å². The number of fused-ring (bicyclic) bond motifs is 1. The van der Waals surface area contributed by atoms with Gasteiger partial charge in [0.1, 0.15) is 12.4 Å². The fourth-order valence-electron chi connectivity index (χ4n) is 3.96. The molecule has 3 heterocycles. The van der Waals surface area contributed by atoms with Crippen LogP contribution in [0.15, 0.2) is 77.9 Å². The Morgan fingerprint density at radius 3 is 2.26 bits per heavy atom. The SMILES string of the molecule is COCc1nnc2c(-c3ccc(Cl)cc3)c(-c3ccncc3)c(=O)n(Cc3ccc(F)cc3)n12. The standard InChI is InChI=1S/C25H19ClFN5O2/c1-34-15-21-29-30-24-22(17-4-6-19(26)7-5-17)23(18-10-12-28-13-11-18)25(33)31(32(21)24)14-16-2-8-20(27)9-3-16/h2-13H,14-15H2,1H3. The molecule has 9 heteroatoms. The van der Waals surface area contributed by atoms with Gasteiger partial charge in [-0.1, -0.05) is 35.9 Å². The van der Waals surface area contributed by atoms with E-state index in [0.717, 1.165) is 11.1 Å². The smallest absolute Gasteiger partial charge is 0.274 e. The molecule has 7 nitrogen and oxygen atoms in total. The number of benzene rings is 2. The lowest BCUT2D eigenvalue weighted by atomic mass is 9.97. The molecular weight excluding hydrogens is 457 g/mol. The molecule has 5 aromatic rings. The van der Waals surface area contributed by atoms with Crippen LogP contribution < -0.4 is 5.56 Å². The third kappa shape index (κ3) is 3.98. The Bertz CT molecular complexity index is 1510. The van der Waals surface area contributed by atoms with E-state index in [0.29, 0.717) is 33.2 Å². The molecule has 0 bridgehead atoms. The van der Waals surface area contributed by atoms with Gasteiger partial charge in [0.25, 0.3) is 5.56 Å². The second-order valence-electron chi connectivity index (χ2n) is 7.67. The fourth-order valence-corrected chi connectivity index (χ4v) is 4.09. The summed E-state index contributed by atoms with van der Waals surface area (Å²) in [5.41, 5.74) is 3.52. The molecule has 34 heavy (non-hydrogen) atoms. The van der Waals surface area contributed by atoms with Gasteiger partial charge in [-0.15, -0.1) is 10.2 Å². The summed E-state index contributed by atoms with van der Waals surface area (Å²) in [4.78, 5) is 18.2. The average Bonchev–Trinajstić information content (AvgIpc) is 3.26. The van der Waals surface area contributed by atoms with Gasteiger partial charge in [0, 0.05) is 30.1 Å². The molecule has 0 amide bonds. The van der Waals surface area contributed by atoms with Crippen molar-refractivity contribution >= 4 is 17.2 Å². The molecule has 0 aliphatic carbocycles. The minimum atomic E-state index is -0.346. The molecule has 3 aromatic heterocycles. The Kier molecular flexibility index (Phi) is 5.91. The largest absolute Gasteiger partial charge is 0.377 e. The van der Waals surface area contributed by atoms with Gasteiger partial charge >= 0.3 is 0 Å². The Morgan fingerprint density at radius 1 is 0.912 bits per heavy atom. The number of aromatic nitrogens is 5. The van der Waals surface area contributed by atoms with E-state index in [4.69, 9.17) is 16.3 Å². The molecule has 0 spiro atoms. The number of rotatable bonds is 6. The molecular formula is C25H19ClFN5O2. The number of ether oxygens (including phenoxy) is 1. The number of methoxy groups -OCH3 is 1. The first-order valence-corrected chi connectivity index (χ1v) is 10.9. The first kappa shape index (κ1) is 21.9. The van der Waals surface area contributed by atoms with E-state index in [1.165, 1.54) is 12.1 Å². The predicted octanol–water partition coefficient (Wildman–Crippen LogP) is 4.61. The molecule has 0 atom stereocenters. The van der Waals surface area contributed by atoms with Crippen molar-refractivity contribution < 1.29 is 9.13 Å². The Balaban J connectivity index is 1.87. The highest BCUT2D eigenvalue weighted by Gasteiger charge is 2.24. The number of nitrogens with zero attached hydrogens (tertiary/aromatic N) is 5. The van der Waals surface area contributed by atoms with Crippen LogP contribution in [0, 0.1) is 5.82 Å². The van der Waals surface area contributed by atoms with Gasteiger partial charge in [-0.3, -0.25) is 9.78 Å². The highest BCUT2D eigenvalue weighted by Crippen LogP contribution is 2.33. The van der Waals surface area contributed by atoms with Crippen LogP contribution in [0.1, 0.15) is 11.4 Å². The average molecular weight is 476 g/mol. The van der Waals surface area contributed by atoms with Crippen LogP contribution in [0.5, 0.6) is 0 Å². The van der Waals surface area contributed by atoms with Crippen LogP contribution in [-0.2, 0) is 17.9 Å². The van der Waals surface area contributed by atoms with Crippen molar-refractivity contribution in [1.82, 2.24) is 24.4 Å². The topological polar surface area (TPSA) is 74.3 Å². The monoisotopic (exact) mass is 475 g/mol. The molecule has 0 fully saturated rings. The van der Waals surface area contributed by atoms with Crippen LogP contribution in [0.3, 0.4) is 0 Å². The predicted molar refractivity (Wildman–Crippen MR) is 127 cm³/mol. The summed E-state index contributed by atoms with van der Waals surface area (Å²) in [7, 11) is 1.55.